The molecule has 4 heterocycles. The van der Waals surface area contributed by atoms with E-state index in [1.165, 1.54) is 103 Å². The van der Waals surface area contributed by atoms with E-state index in [9.17, 15) is 0 Å². The van der Waals surface area contributed by atoms with E-state index in [-0.39, 0.29) is 5.41 Å². The lowest BCUT2D eigenvalue weighted by Gasteiger charge is -2.21. The zero-order valence-electron chi connectivity index (χ0n) is 36.8. The van der Waals surface area contributed by atoms with Gasteiger partial charge in [0.15, 0.2) is 0 Å². The first-order chi connectivity index (χ1) is 33.0. The van der Waals surface area contributed by atoms with Crippen molar-refractivity contribution in [3.05, 3.63) is 217 Å². The van der Waals surface area contributed by atoms with E-state index in [1.807, 2.05) is 17.4 Å². The minimum Gasteiger partial charge on any atom is -0.456 e. The van der Waals surface area contributed by atoms with Crippen molar-refractivity contribution in [3.8, 4) is 44.8 Å². The average molecular weight is 873 g/mol. The van der Waals surface area contributed by atoms with E-state index in [2.05, 4.69) is 223 Å². The second-order valence-electron chi connectivity index (χ2n) is 18.8. The standard InChI is InChI=1S/C63H40N2OS/c1-63(2)53-20-9-6-15-43(53)47-33-50-48-31-38(25-29-55(48)64(57(50)35-54(47)63)40-13-4-3-5-14-40)39-26-30-56-49(32-39)51-34-52-44-16-7-10-21-59(44)66-60(52)36-58(51)65(56)41-27-23-37(24-28-41)42-18-12-19-46-45-17-8-11-22-61(45)67-62(42)46/h3-36H,1-2H3. The molecule has 14 aromatic rings. The van der Waals surface area contributed by atoms with E-state index >= 15 is 0 Å². The van der Waals surface area contributed by atoms with Crippen LogP contribution in [-0.4, -0.2) is 9.13 Å². The Morgan fingerprint density at radius 2 is 0.955 bits per heavy atom. The second kappa shape index (κ2) is 13.4. The van der Waals surface area contributed by atoms with Gasteiger partial charge in [-0.1, -0.05) is 135 Å². The van der Waals surface area contributed by atoms with Crippen LogP contribution in [0.15, 0.2) is 211 Å². The van der Waals surface area contributed by atoms with Gasteiger partial charge in [-0.2, -0.15) is 0 Å². The molecule has 0 unspecified atom stereocenters. The number of thiophene rings is 1. The first-order valence-corrected chi connectivity index (χ1v) is 24.0. The van der Waals surface area contributed by atoms with Crippen LogP contribution < -0.4 is 0 Å². The van der Waals surface area contributed by atoms with Crippen molar-refractivity contribution in [1.82, 2.24) is 9.13 Å². The number of para-hydroxylation sites is 2. The molecule has 0 saturated heterocycles. The summed E-state index contributed by atoms with van der Waals surface area (Å²) in [6, 6.07) is 76.4. The lowest BCUT2D eigenvalue weighted by Crippen LogP contribution is -2.14. The molecular weight excluding hydrogens is 833 g/mol. The van der Waals surface area contributed by atoms with Gasteiger partial charge in [0, 0.05) is 75.3 Å². The highest BCUT2D eigenvalue weighted by Gasteiger charge is 2.36. The Bertz CT molecular complexity index is 4410. The Balaban J connectivity index is 0.931. The molecule has 10 aromatic carbocycles. The summed E-state index contributed by atoms with van der Waals surface area (Å²) >= 11 is 1.88. The highest BCUT2D eigenvalue weighted by atomic mass is 32.1. The lowest BCUT2D eigenvalue weighted by atomic mass is 9.82. The van der Waals surface area contributed by atoms with Crippen molar-refractivity contribution < 1.29 is 4.42 Å². The molecule has 67 heavy (non-hydrogen) atoms. The van der Waals surface area contributed by atoms with Crippen LogP contribution in [0.2, 0.25) is 0 Å². The predicted octanol–water partition coefficient (Wildman–Crippen LogP) is 17.8. The smallest absolute Gasteiger partial charge is 0.137 e. The van der Waals surface area contributed by atoms with Crippen LogP contribution in [0.4, 0.5) is 0 Å². The van der Waals surface area contributed by atoms with Gasteiger partial charge < -0.3 is 13.6 Å². The normalized spacial score (nSPS) is 13.3. The first kappa shape index (κ1) is 37.1. The molecule has 1 aliphatic rings. The van der Waals surface area contributed by atoms with E-state index < -0.39 is 0 Å². The van der Waals surface area contributed by atoms with Gasteiger partial charge in [0.1, 0.15) is 11.2 Å². The van der Waals surface area contributed by atoms with Gasteiger partial charge >= 0.3 is 0 Å². The fraction of sp³-hybridized carbons (Fsp3) is 0.0476. The Morgan fingerprint density at radius 3 is 1.75 bits per heavy atom. The number of fused-ring (bicyclic) bond motifs is 15. The summed E-state index contributed by atoms with van der Waals surface area (Å²) in [6.07, 6.45) is 0. The SMILES string of the molecule is CC1(C)c2ccccc2-c2cc3c4cc(-c5ccc6c(c5)c5cc7c(cc5n6-c5ccc(-c6cccc8c6sc6ccccc68)cc5)oc5ccccc57)ccc4n(-c4ccccc4)c3cc21. The molecule has 0 spiro atoms. The van der Waals surface area contributed by atoms with Gasteiger partial charge in [0.05, 0.1) is 22.1 Å². The molecule has 314 valence electrons. The van der Waals surface area contributed by atoms with Gasteiger partial charge in [0.2, 0.25) is 0 Å². The number of hydrogen-bond donors (Lipinski definition) is 0. The number of rotatable bonds is 4. The molecule has 4 heteroatoms. The molecule has 0 aliphatic heterocycles. The van der Waals surface area contributed by atoms with Crippen LogP contribution in [0.25, 0.3) is 130 Å². The highest BCUT2D eigenvalue weighted by molar-refractivity contribution is 7.26. The third-order valence-corrected chi connectivity index (χ3v) is 16.1. The zero-order valence-corrected chi connectivity index (χ0v) is 37.7. The van der Waals surface area contributed by atoms with E-state index in [0.717, 1.165) is 38.7 Å². The Morgan fingerprint density at radius 1 is 0.358 bits per heavy atom. The lowest BCUT2D eigenvalue weighted by molar-refractivity contribution is 0.661. The van der Waals surface area contributed by atoms with Crippen molar-refractivity contribution in [2.75, 3.05) is 0 Å². The molecule has 3 nitrogen and oxygen atoms in total. The van der Waals surface area contributed by atoms with Crippen LogP contribution in [0, 0.1) is 0 Å². The van der Waals surface area contributed by atoms with Gasteiger partial charge in [-0.3, -0.25) is 0 Å². The third-order valence-electron chi connectivity index (χ3n) is 14.9. The van der Waals surface area contributed by atoms with E-state index in [4.69, 9.17) is 4.42 Å². The van der Waals surface area contributed by atoms with E-state index in [1.54, 1.807) is 0 Å². The molecule has 0 bridgehead atoms. The van der Waals surface area contributed by atoms with Gasteiger partial charge in [-0.15, -0.1) is 11.3 Å². The topological polar surface area (TPSA) is 23.0 Å². The Kier molecular flexibility index (Phi) is 7.44. The molecule has 0 atom stereocenters. The highest BCUT2D eigenvalue weighted by Crippen LogP contribution is 2.51. The van der Waals surface area contributed by atoms with Crippen molar-refractivity contribution in [3.63, 3.8) is 0 Å². The van der Waals surface area contributed by atoms with Gasteiger partial charge in [-0.05, 0) is 123 Å². The van der Waals surface area contributed by atoms with Gasteiger partial charge in [-0.25, -0.2) is 0 Å². The van der Waals surface area contributed by atoms with Crippen molar-refractivity contribution in [2.24, 2.45) is 0 Å². The van der Waals surface area contributed by atoms with Crippen LogP contribution in [0.3, 0.4) is 0 Å². The monoisotopic (exact) mass is 872 g/mol. The minimum atomic E-state index is -0.0947. The van der Waals surface area contributed by atoms with Crippen molar-refractivity contribution in [1.29, 1.82) is 0 Å². The largest absolute Gasteiger partial charge is 0.456 e. The number of aromatic nitrogens is 2. The molecule has 0 radical (unpaired) electrons. The summed E-state index contributed by atoms with van der Waals surface area (Å²) < 4.78 is 14.1. The summed E-state index contributed by atoms with van der Waals surface area (Å²) in [4.78, 5) is 0. The first-order valence-electron chi connectivity index (χ1n) is 23.2. The Labute approximate surface area is 390 Å². The summed E-state index contributed by atoms with van der Waals surface area (Å²) in [6.45, 7) is 4.74. The molecule has 0 N–H and O–H groups in total. The number of hydrogen-bond acceptors (Lipinski definition) is 2. The second-order valence-corrected chi connectivity index (χ2v) is 19.9. The fourth-order valence-electron chi connectivity index (χ4n) is 11.7. The van der Waals surface area contributed by atoms with Crippen LogP contribution in [0.5, 0.6) is 0 Å². The summed E-state index contributed by atoms with van der Waals surface area (Å²) in [7, 11) is 0. The minimum absolute atomic E-state index is 0.0947. The van der Waals surface area contributed by atoms with E-state index in [0.29, 0.717) is 0 Å². The predicted molar refractivity (Wildman–Crippen MR) is 284 cm³/mol. The Hall–Kier alpha value is -8.18. The third kappa shape index (κ3) is 5.16. The molecule has 0 amide bonds. The van der Waals surface area contributed by atoms with Crippen molar-refractivity contribution >= 4 is 97.1 Å². The number of furan rings is 1. The summed E-state index contributed by atoms with van der Waals surface area (Å²) in [5, 5.41) is 9.83. The van der Waals surface area contributed by atoms with Gasteiger partial charge in [0.25, 0.3) is 0 Å². The maximum atomic E-state index is 6.54. The molecule has 15 rings (SSSR count). The zero-order chi connectivity index (χ0) is 44.1. The summed E-state index contributed by atoms with van der Waals surface area (Å²) in [5.41, 5.74) is 19.0. The molecule has 0 fully saturated rings. The maximum Gasteiger partial charge on any atom is 0.137 e. The number of benzene rings is 10. The summed E-state index contributed by atoms with van der Waals surface area (Å²) in [5.74, 6) is 0. The van der Waals surface area contributed by atoms with Crippen molar-refractivity contribution in [2.45, 2.75) is 19.3 Å². The molecule has 4 aromatic heterocycles. The molecule has 0 saturated carbocycles. The molecule has 1 aliphatic carbocycles. The van der Waals surface area contributed by atoms with Crippen LogP contribution in [-0.2, 0) is 5.41 Å². The average Bonchev–Trinajstić information content (AvgIpc) is 4.16. The van der Waals surface area contributed by atoms with Crippen LogP contribution >= 0.6 is 11.3 Å². The van der Waals surface area contributed by atoms with Crippen LogP contribution in [0.1, 0.15) is 25.0 Å². The molecular formula is C63H40N2OS. The fourth-order valence-corrected chi connectivity index (χ4v) is 12.9. The number of nitrogens with zero attached hydrogens (tertiary/aromatic N) is 2. The quantitative estimate of drug-likeness (QED) is 0.173. The maximum absolute atomic E-state index is 6.54.